The summed E-state index contributed by atoms with van der Waals surface area (Å²) < 4.78 is 0. The topological polar surface area (TPSA) is 28.6 Å². The molecule has 0 aromatic heterocycles. The Morgan fingerprint density at radius 1 is 1.38 bits per heavy atom. The summed E-state index contributed by atoms with van der Waals surface area (Å²) in [6, 6.07) is 11.9. The van der Waals surface area contributed by atoms with Gasteiger partial charge in [0.05, 0.1) is 6.04 Å². The second-order valence-corrected chi connectivity index (χ2v) is 4.83. The lowest BCUT2D eigenvalue weighted by molar-refractivity contribution is -0.648. The fraction of sp³-hybridized carbons (Fsp3) is 0.500. The van der Waals surface area contributed by atoms with E-state index in [1.54, 1.807) is 0 Å². The first kappa shape index (κ1) is 11.6. The van der Waals surface area contributed by atoms with Crippen LogP contribution in [-0.2, 0) is 0 Å². The molecule has 1 saturated carbocycles. The minimum atomic E-state index is 0.465. The van der Waals surface area contributed by atoms with Gasteiger partial charge >= 0.3 is 0 Å². The van der Waals surface area contributed by atoms with E-state index in [4.69, 9.17) is 0 Å². The van der Waals surface area contributed by atoms with Gasteiger partial charge in [0, 0.05) is 24.1 Å². The smallest absolute Gasteiger partial charge is 0.0914 e. The van der Waals surface area contributed by atoms with Crippen LogP contribution in [0.15, 0.2) is 30.3 Å². The number of hydrogen-bond acceptors (Lipinski definition) is 1. The molecule has 0 heterocycles. The maximum absolute atomic E-state index is 3.97. The van der Waals surface area contributed by atoms with Crippen LogP contribution in [0.3, 0.4) is 0 Å². The second-order valence-electron chi connectivity index (χ2n) is 4.83. The molecule has 2 heteroatoms. The van der Waals surface area contributed by atoms with Gasteiger partial charge in [-0.1, -0.05) is 37.3 Å². The van der Waals surface area contributed by atoms with Crippen LogP contribution in [0.2, 0.25) is 0 Å². The van der Waals surface area contributed by atoms with E-state index >= 15 is 0 Å². The number of quaternary nitrogens is 1. The maximum atomic E-state index is 3.97. The molecule has 3 N–H and O–H groups in total. The number of benzene rings is 1. The molecule has 2 atom stereocenters. The first-order valence-electron chi connectivity index (χ1n) is 6.22. The van der Waals surface area contributed by atoms with E-state index in [9.17, 15) is 0 Å². The van der Waals surface area contributed by atoms with Crippen LogP contribution in [0, 0.1) is 13.0 Å². The van der Waals surface area contributed by atoms with E-state index in [0.717, 1.165) is 12.6 Å². The Kier molecular flexibility index (Phi) is 3.97. The van der Waals surface area contributed by atoms with E-state index in [1.165, 1.54) is 18.4 Å². The highest BCUT2D eigenvalue weighted by molar-refractivity contribution is 5.17. The molecule has 0 amide bonds. The van der Waals surface area contributed by atoms with Gasteiger partial charge < -0.3 is 10.6 Å². The van der Waals surface area contributed by atoms with E-state index < -0.39 is 0 Å². The zero-order chi connectivity index (χ0) is 11.4. The third-order valence-corrected chi connectivity index (χ3v) is 3.36. The summed E-state index contributed by atoms with van der Waals surface area (Å²) in [6.45, 7) is 3.39. The Bertz CT molecular complexity index is 306. The monoisotopic (exact) mass is 218 g/mol. The van der Waals surface area contributed by atoms with E-state index in [2.05, 4.69) is 54.9 Å². The number of nitrogens with two attached hydrogens (primary N) is 1. The lowest BCUT2D eigenvalue weighted by atomic mass is 9.94. The molecule has 0 aliphatic heterocycles. The average molecular weight is 218 g/mol. The van der Waals surface area contributed by atoms with Crippen molar-refractivity contribution in [3.63, 3.8) is 0 Å². The van der Waals surface area contributed by atoms with Crippen LogP contribution < -0.4 is 10.6 Å². The maximum Gasteiger partial charge on any atom is 0.0914 e. The van der Waals surface area contributed by atoms with E-state index in [1.807, 2.05) is 0 Å². The average Bonchev–Trinajstić information content (AvgIpc) is 3.13. The van der Waals surface area contributed by atoms with Crippen LogP contribution in [-0.4, -0.2) is 12.6 Å². The van der Waals surface area contributed by atoms with Crippen molar-refractivity contribution in [1.29, 1.82) is 0 Å². The van der Waals surface area contributed by atoms with Gasteiger partial charge in [0.2, 0.25) is 0 Å². The van der Waals surface area contributed by atoms with Gasteiger partial charge in [-0.2, -0.15) is 7.05 Å². The fourth-order valence-electron chi connectivity index (χ4n) is 2.14. The van der Waals surface area contributed by atoms with Crippen LogP contribution in [0.4, 0.5) is 0 Å². The van der Waals surface area contributed by atoms with Crippen molar-refractivity contribution in [1.82, 2.24) is 5.32 Å². The number of hydrogen-bond donors (Lipinski definition) is 2. The first-order valence-corrected chi connectivity index (χ1v) is 6.22. The Morgan fingerprint density at radius 3 is 2.62 bits per heavy atom. The van der Waals surface area contributed by atoms with Crippen molar-refractivity contribution in [2.75, 3.05) is 6.54 Å². The largest absolute Gasteiger partial charge is 0.472 e. The Morgan fingerprint density at radius 2 is 2.06 bits per heavy atom. The molecule has 88 valence electrons. The molecule has 2 nitrogen and oxygen atoms in total. The molecular weight excluding hydrogens is 196 g/mol. The molecular formula is C14H22N2. The van der Waals surface area contributed by atoms with Gasteiger partial charge in [0.1, 0.15) is 0 Å². The molecule has 1 fully saturated rings. The van der Waals surface area contributed by atoms with Gasteiger partial charge in [0.25, 0.3) is 0 Å². The minimum Gasteiger partial charge on any atom is -0.472 e. The Hall–Kier alpha value is -0.860. The predicted molar refractivity (Wildman–Crippen MR) is 66.7 cm³/mol. The van der Waals surface area contributed by atoms with Gasteiger partial charge in [-0.25, -0.2) is 0 Å². The van der Waals surface area contributed by atoms with Gasteiger partial charge in [0.15, 0.2) is 0 Å². The van der Waals surface area contributed by atoms with Gasteiger partial charge in [-0.3, -0.25) is 0 Å². The minimum absolute atomic E-state index is 0.465. The van der Waals surface area contributed by atoms with Crippen LogP contribution in [0.1, 0.15) is 31.4 Å². The van der Waals surface area contributed by atoms with Crippen molar-refractivity contribution in [2.45, 2.75) is 31.8 Å². The number of nitrogens with one attached hydrogen (secondary N) is 1. The molecule has 0 saturated heterocycles. The zero-order valence-corrected chi connectivity index (χ0v) is 10.0. The van der Waals surface area contributed by atoms with Gasteiger partial charge in [-0.15, -0.1) is 0 Å². The molecule has 1 aromatic carbocycles. The normalized spacial score (nSPS) is 19.4. The van der Waals surface area contributed by atoms with Crippen LogP contribution in [0.25, 0.3) is 0 Å². The molecule has 0 bridgehead atoms. The van der Waals surface area contributed by atoms with Crippen molar-refractivity contribution in [3.05, 3.63) is 42.9 Å². The summed E-state index contributed by atoms with van der Waals surface area (Å²) in [7, 11) is 3.97. The third-order valence-electron chi connectivity index (χ3n) is 3.36. The first-order chi connectivity index (χ1) is 7.81. The van der Waals surface area contributed by atoms with Crippen molar-refractivity contribution < 1.29 is 5.32 Å². The number of rotatable bonds is 6. The molecule has 0 unspecified atom stereocenters. The summed E-state index contributed by atoms with van der Waals surface area (Å²) in [4.78, 5) is 0. The van der Waals surface area contributed by atoms with Gasteiger partial charge in [-0.05, 0) is 12.8 Å². The van der Waals surface area contributed by atoms with E-state index in [0.29, 0.717) is 12.0 Å². The highest BCUT2D eigenvalue weighted by atomic mass is 15.0. The summed E-state index contributed by atoms with van der Waals surface area (Å²) in [5, 5.41) is 5.67. The standard InChI is InChI=1S/C14H22N2/c1-11(10-16-13-8-9-13)14(15-2)12-6-4-3-5-7-12/h3-7,11,13-14,16H,2,8-10,15H2,1H3/t11-,14+/m0/s1. The zero-order valence-electron chi connectivity index (χ0n) is 10.0. The van der Waals surface area contributed by atoms with Crippen molar-refractivity contribution >= 4 is 0 Å². The predicted octanol–water partition coefficient (Wildman–Crippen LogP) is 1.47. The molecule has 16 heavy (non-hydrogen) atoms. The van der Waals surface area contributed by atoms with Crippen molar-refractivity contribution in [3.8, 4) is 0 Å². The SMILES string of the molecule is [CH2-][NH2+][C@@H](c1ccccc1)[C@@H](C)CNC1CC1. The molecule has 2 rings (SSSR count). The van der Waals surface area contributed by atoms with Crippen LogP contribution in [0.5, 0.6) is 0 Å². The summed E-state index contributed by atoms with van der Waals surface area (Å²) in [5.74, 6) is 0.612. The summed E-state index contributed by atoms with van der Waals surface area (Å²) in [5.41, 5.74) is 1.38. The summed E-state index contributed by atoms with van der Waals surface area (Å²) >= 11 is 0. The molecule has 0 radical (unpaired) electrons. The molecule has 1 aliphatic rings. The lowest BCUT2D eigenvalue weighted by Gasteiger charge is -2.24. The fourth-order valence-corrected chi connectivity index (χ4v) is 2.14. The Labute approximate surface area is 98.4 Å². The summed E-state index contributed by atoms with van der Waals surface area (Å²) in [6.07, 6.45) is 2.72. The highest BCUT2D eigenvalue weighted by Crippen LogP contribution is 2.21. The Balaban J connectivity index is 1.92. The third kappa shape index (κ3) is 3.06. The second kappa shape index (κ2) is 5.46. The van der Waals surface area contributed by atoms with Crippen molar-refractivity contribution in [2.24, 2.45) is 5.92 Å². The lowest BCUT2D eigenvalue weighted by Crippen LogP contribution is -2.80. The van der Waals surface area contributed by atoms with E-state index in [-0.39, 0.29) is 0 Å². The highest BCUT2D eigenvalue weighted by Gasteiger charge is 2.24. The molecule has 1 aliphatic carbocycles. The molecule has 1 aromatic rings. The molecule has 0 spiro atoms. The quantitative estimate of drug-likeness (QED) is 0.696. The van der Waals surface area contributed by atoms with Crippen LogP contribution >= 0.6 is 0 Å².